The number of hydrogen-bond donors (Lipinski definition) is 0. The Balaban J connectivity index is 1.85. The highest BCUT2D eigenvalue weighted by molar-refractivity contribution is 5.92. The van der Waals surface area contributed by atoms with E-state index in [1.807, 2.05) is 6.92 Å². The Labute approximate surface area is 156 Å². The van der Waals surface area contributed by atoms with E-state index in [0.29, 0.717) is 19.6 Å². The summed E-state index contributed by atoms with van der Waals surface area (Å²) in [7, 11) is 4.55. The standard InChI is InChI=1S/C17H24N6O4/c1-5-23-14(20-21(2)17(23)25)11-7-6-8-22(10-11)15(24)12-9-13(26-3)19-16(18-12)27-4/h9,11H,5-8,10H2,1-4H3/t11-/m1/s1. The molecule has 1 saturated heterocycles. The van der Waals surface area contributed by atoms with Crippen molar-refractivity contribution in [3.8, 4) is 11.9 Å². The average Bonchev–Trinajstić information content (AvgIpc) is 3.00. The Hall–Kier alpha value is -2.91. The molecule has 0 spiro atoms. The molecule has 0 saturated carbocycles. The highest BCUT2D eigenvalue weighted by atomic mass is 16.5. The molecule has 0 radical (unpaired) electrons. The number of carbonyl (C=O) groups excluding carboxylic acids is 1. The molecule has 2 aromatic rings. The maximum absolute atomic E-state index is 13.0. The minimum atomic E-state index is -0.222. The van der Waals surface area contributed by atoms with Crippen LogP contribution in [0.4, 0.5) is 0 Å². The van der Waals surface area contributed by atoms with E-state index in [4.69, 9.17) is 9.47 Å². The number of hydrogen-bond acceptors (Lipinski definition) is 7. The topological polar surface area (TPSA) is 104 Å². The van der Waals surface area contributed by atoms with Gasteiger partial charge >= 0.3 is 11.7 Å². The Morgan fingerprint density at radius 3 is 2.74 bits per heavy atom. The molecule has 10 heteroatoms. The lowest BCUT2D eigenvalue weighted by atomic mass is 9.97. The Morgan fingerprint density at radius 2 is 2.07 bits per heavy atom. The maximum atomic E-state index is 13.0. The van der Waals surface area contributed by atoms with Crippen molar-refractivity contribution >= 4 is 5.91 Å². The average molecular weight is 376 g/mol. The van der Waals surface area contributed by atoms with Crippen LogP contribution in [0.3, 0.4) is 0 Å². The van der Waals surface area contributed by atoms with Gasteiger partial charge < -0.3 is 14.4 Å². The second kappa shape index (κ2) is 7.77. The molecular formula is C17H24N6O4. The Kier molecular flexibility index (Phi) is 5.43. The molecular weight excluding hydrogens is 352 g/mol. The number of rotatable bonds is 5. The summed E-state index contributed by atoms with van der Waals surface area (Å²) in [6.07, 6.45) is 1.70. The number of aryl methyl sites for hydroxylation is 1. The lowest BCUT2D eigenvalue weighted by molar-refractivity contribution is 0.0695. The van der Waals surface area contributed by atoms with E-state index in [-0.39, 0.29) is 35.1 Å². The van der Waals surface area contributed by atoms with E-state index in [9.17, 15) is 9.59 Å². The maximum Gasteiger partial charge on any atom is 0.345 e. The highest BCUT2D eigenvalue weighted by Crippen LogP contribution is 2.26. The fourth-order valence-corrected chi connectivity index (χ4v) is 3.37. The first-order valence-corrected chi connectivity index (χ1v) is 8.88. The number of likely N-dealkylation sites (tertiary alicyclic amines) is 1. The summed E-state index contributed by atoms with van der Waals surface area (Å²) in [5, 5.41) is 4.39. The van der Waals surface area contributed by atoms with Gasteiger partial charge in [0.1, 0.15) is 11.5 Å². The van der Waals surface area contributed by atoms with Gasteiger partial charge in [0.2, 0.25) is 5.88 Å². The monoisotopic (exact) mass is 376 g/mol. The molecule has 0 unspecified atom stereocenters. The Bertz CT molecular complexity index is 868. The van der Waals surface area contributed by atoms with Crippen molar-refractivity contribution in [2.45, 2.75) is 32.2 Å². The zero-order valence-corrected chi connectivity index (χ0v) is 16.0. The van der Waals surface area contributed by atoms with Gasteiger partial charge in [-0.2, -0.15) is 15.1 Å². The van der Waals surface area contributed by atoms with Gasteiger partial charge in [0.15, 0.2) is 0 Å². The first-order valence-electron chi connectivity index (χ1n) is 8.88. The lowest BCUT2D eigenvalue weighted by Gasteiger charge is -2.32. The number of carbonyl (C=O) groups is 1. The number of piperidine rings is 1. The molecule has 1 atom stereocenters. The van der Waals surface area contributed by atoms with Crippen LogP contribution in [0.2, 0.25) is 0 Å². The molecule has 2 aromatic heterocycles. The summed E-state index contributed by atoms with van der Waals surface area (Å²) < 4.78 is 13.2. The summed E-state index contributed by atoms with van der Waals surface area (Å²) in [6, 6.07) is 1.58. The minimum absolute atomic E-state index is 0.00202. The first kappa shape index (κ1) is 18.9. The van der Waals surface area contributed by atoms with E-state index in [1.54, 1.807) is 16.5 Å². The molecule has 3 rings (SSSR count). The fourth-order valence-electron chi connectivity index (χ4n) is 3.37. The van der Waals surface area contributed by atoms with E-state index < -0.39 is 0 Å². The molecule has 1 amide bonds. The third-order valence-electron chi connectivity index (χ3n) is 4.72. The van der Waals surface area contributed by atoms with Crippen molar-refractivity contribution in [2.75, 3.05) is 27.3 Å². The van der Waals surface area contributed by atoms with Crippen LogP contribution >= 0.6 is 0 Å². The van der Waals surface area contributed by atoms with Crippen LogP contribution < -0.4 is 15.2 Å². The summed E-state index contributed by atoms with van der Waals surface area (Å²) in [5.74, 6) is 0.769. The van der Waals surface area contributed by atoms with Crippen LogP contribution in [0.25, 0.3) is 0 Å². The molecule has 3 heterocycles. The zero-order valence-electron chi connectivity index (χ0n) is 16.0. The predicted molar refractivity (Wildman–Crippen MR) is 96.2 cm³/mol. The summed E-state index contributed by atoms with van der Waals surface area (Å²) in [4.78, 5) is 35.0. The van der Waals surface area contributed by atoms with Gasteiger partial charge in [-0.1, -0.05) is 0 Å². The van der Waals surface area contributed by atoms with Gasteiger partial charge in [-0.25, -0.2) is 9.48 Å². The largest absolute Gasteiger partial charge is 0.481 e. The zero-order chi connectivity index (χ0) is 19.6. The van der Waals surface area contributed by atoms with Gasteiger partial charge in [0.25, 0.3) is 5.91 Å². The minimum Gasteiger partial charge on any atom is -0.481 e. The van der Waals surface area contributed by atoms with Gasteiger partial charge in [-0.15, -0.1) is 0 Å². The molecule has 1 aliphatic heterocycles. The molecule has 0 aromatic carbocycles. The van der Waals surface area contributed by atoms with Crippen molar-refractivity contribution in [1.82, 2.24) is 29.2 Å². The fraction of sp³-hybridized carbons (Fsp3) is 0.588. The third kappa shape index (κ3) is 3.64. The van der Waals surface area contributed by atoms with Crippen molar-refractivity contribution in [3.05, 3.63) is 28.1 Å². The number of methoxy groups -OCH3 is 2. The van der Waals surface area contributed by atoms with Crippen LogP contribution in [0.1, 0.15) is 42.0 Å². The third-order valence-corrected chi connectivity index (χ3v) is 4.72. The molecule has 0 N–H and O–H groups in total. The molecule has 1 aliphatic rings. The van der Waals surface area contributed by atoms with Crippen LogP contribution in [0.5, 0.6) is 11.9 Å². The second-order valence-corrected chi connectivity index (χ2v) is 6.38. The van der Waals surface area contributed by atoms with E-state index in [2.05, 4.69) is 15.1 Å². The summed E-state index contributed by atoms with van der Waals surface area (Å²) in [6.45, 7) is 3.56. The molecule has 0 bridgehead atoms. The normalized spacial score (nSPS) is 17.0. The molecule has 0 aliphatic carbocycles. The van der Waals surface area contributed by atoms with E-state index in [1.165, 1.54) is 25.0 Å². The van der Waals surface area contributed by atoms with Crippen molar-refractivity contribution in [1.29, 1.82) is 0 Å². The predicted octanol–water partition coefficient (Wildman–Crippen LogP) is 0.429. The van der Waals surface area contributed by atoms with Crippen LogP contribution in [-0.2, 0) is 13.6 Å². The molecule has 1 fully saturated rings. The Morgan fingerprint density at radius 1 is 1.30 bits per heavy atom. The van der Waals surface area contributed by atoms with Crippen molar-refractivity contribution < 1.29 is 14.3 Å². The number of nitrogens with zero attached hydrogens (tertiary/aromatic N) is 6. The van der Waals surface area contributed by atoms with Crippen LogP contribution in [0.15, 0.2) is 10.9 Å². The molecule has 27 heavy (non-hydrogen) atoms. The molecule has 146 valence electrons. The smallest absolute Gasteiger partial charge is 0.345 e. The van der Waals surface area contributed by atoms with Gasteiger partial charge in [-0.05, 0) is 19.8 Å². The van der Waals surface area contributed by atoms with Gasteiger partial charge in [0.05, 0.1) is 14.2 Å². The van der Waals surface area contributed by atoms with E-state index >= 15 is 0 Å². The number of aromatic nitrogens is 5. The van der Waals surface area contributed by atoms with Gasteiger partial charge in [-0.3, -0.25) is 9.36 Å². The summed E-state index contributed by atoms with van der Waals surface area (Å²) in [5.41, 5.74) is 0.0782. The lowest BCUT2D eigenvalue weighted by Crippen LogP contribution is -2.40. The summed E-state index contributed by atoms with van der Waals surface area (Å²) >= 11 is 0. The number of amides is 1. The highest BCUT2D eigenvalue weighted by Gasteiger charge is 2.30. The van der Waals surface area contributed by atoms with E-state index in [0.717, 1.165) is 18.7 Å². The van der Waals surface area contributed by atoms with Gasteiger partial charge in [0, 0.05) is 38.7 Å². The SMILES string of the molecule is CCn1c([C@@H]2CCCN(C(=O)c3cc(OC)nc(OC)n3)C2)nn(C)c1=O. The van der Waals surface area contributed by atoms with Crippen molar-refractivity contribution in [2.24, 2.45) is 7.05 Å². The van der Waals surface area contributed by atoms with Crippen LogP contribution in [0, 0.1) is 0 Å². The van der Waals surface area contributed by atoms with Crippen LogP contribution in [-0.4, -0.2) is 62.4 Å². The molecule has 10 nitrogen and oxygen atoms in total. The quantitative estimate of drug-likeness (QED) is 0.745. The second-order valence-electron chi connectivity index (χ2n) is 6.38. The first-order chi connectivity index (χ1) is 13.0. The van der Waals surface area contributed by atoms with Crippen molar-refractivity contribution in [3.63, 3.8) is 0 Å². The number of ether oxygens (including phenoxy) is 2.